The molecule has 0 saturated carbocycles. The van der Waals surface area contributed by atoms with Crippen LogP contribution < -0.4 is 0 Å². The molecule has 0 radical (unpaired) electrons. The van der Waals surface area contributed by atoms with Crippen LogP contribution in [0.5, 0.6) is 0 Å². The summed E-state index contributed by atoms with van der Waals surface area (Å²) >= 11 is 0. The summed E-state index contributed by atoms with van der Waals surface area (Å²) in [4.78, 5) is 0. The normalized spacial score (nSPS) is 13.0. The zero-order valence-electron chi connectivity index (χ0n) is 9.74. The average Bonchev–Trinajstić information content (AvgIpc) is 2.25. The van der Waals surface area contributed by atoms with Crippen molar-refractivity contribution in [1.29, 1.82) is 0 Å². The minimum atomic E-state index is -4.33. The lowest BCUT2D eigenvalue weighted by molar-refractivity contribution is -0.246. The second-order valence-corrected chi connectivity index (χ2v) is 3.70. The van der Waals surface area contributed by atoms with E-state index in [0.717, 1.165) is 0 Å². The zero-order valence-corrected chi connectivity index (χ0v) is 9.74. The fourth-order valence-corrected chi connectivity index (χ4v) is 1.11. The number of alkyl halides is 6. The Balaban J connectivity index is 3.22. The van der Waals surface area contributed by atoms with Crippen LogP contribution in [0.3, 0.4) is 0 Å². The van der Waals surface area contributed by atoms with Crippen molar-refractivity contribution in [2.75, 3.05) is 26.5 Å². The molecule has 2 nitrogen and oxygen atoms in total. The van der Waals surface area contributed by atoms with Crippen LogP contribution in [0.15, 0.2) is 0 Å². The Labute approximate surface area is 101 Å². The topological polar surface area (TPSA) is 18.5 Å². The van der Waals surface area contributed by atoms with Crippen molar-refractivity contribution in [3.05, 3.63) is 0 Å². The van der Waals surface area contributed by atoms with Crippen LogP contribution >= 0.6 is 0 Å². The first-order chi connectivity index (χ1) is 8.27. The SMILES string of the molecule is FCC(F)(F)OCCCCCCOCC(F)(F)F. The lowest BCUT2D eigenvalue weighted by Crippen LogP contribution is -2.23. The smallest absolute Gasteiger partial charge is 0.372 e. The molecule has 0 aromatic carbocycles. The van der Waals surface area contributed by atoms with Gasteiger partial charge in [0.15, 0.2) is 6.67 Å². The summed E-state index contributed by atoms with van der Waals surface area (Å²) in [6.45, 7) is -3.45. The van der Waals surface area contributed by atoms with Crippen molar-refractivity contribution in [2.45, 2.75) is 38.0 Å². The van der Waals surface area contributed by atoms with Crippen LogP contribution in [0.4, 0.5) is 26.3 Å². The Hall–Kier alpha value is -0.500. The Bertz CT molecular complexity index is 207. The molecule has 0 bridgehead atoms. The van der Waals surface area contributed by atoms with Crippen LogP contribution in [0.1, 0.15) is 25.7 Å². The highest BCUT2D eigenvalue weighted by atomic mass is 19.4. The molecule has 0 unspecified atom stereocenters. The summed E-state index contributed by atoms with van der Waals surface area (Å²) in [6, 6.07) is 0. The summed E-state index contributed by atoms with van der Waals surface area (Å²) in [5.41, 5.74) is 0. The average molecular weight is 282 g/mol. The molecule has 0 amide bonds. The second-order valence-electron chi connectivity index (χ2n) is 3.70. The number of hydrogen-bond donors (Lipinski definition) is 0. The first kappa shape index (κ1) is 17.5. The van der Waals surface area contributed by atoms with Gasteiger partial charge in [-0.25, -0.2) is 4.39 Å². The van der Waals surface area contributed by atoms with Gasteiger partial charge >= 0.3 is 12.3 Å². The van der Waals surface area contributed by atoms with Gasteiger partial charge in [0, 0.05) is 6.61 Å². The van der Waals surface area contributed by atoms with Crippen LogP contribution in [-0.4, -0.2) is 38.8 Å². The molecule has 0 heterocycles. The number of rotatable bonds is 10. The van der Waals surface area contributed by atoms with Crippen molar-refractivity contribution >= 4 is 0 Å². The third kappa shape index (κ3) is 12.0. The van der Waals surface area contributed by atoms with E-state index in [-0.39, 0.29) is 13.2 Å². The fraction of sp³-hybridized carbons (Fsp3) is 1.00. The highest BCUT2D eigenvalue weighted by molar-refractivity contribution is 4.50. The van der Waals surface area contributed by atoms with Crippen LogP contribution in [0.2, 0.25) is 0 Å². The van der Waals surface area contributed by atoms with E-state index < -0.39 is 25.6 Å². The van der Waals surface area contributed by atoms with Crippen molar-refractivity contribution < 1.29 is 35.8 Å². The molecule has 0 aliphatic carbocycles. The number of ether oxygens (including phenoxy) is 2. The molecule has 0 aromatic heterocycles. The van der Waals surface area contributed by atoms with Crippen molar-refractivity contribution in [3.63, 3.8) is 0 Å². The second kappa shape index (κ2) is 8.58. The van der Waals surface area contributed by atoms with Gasteiger partial charge in [-0.2, -0.15) is 22.0 Å². The van der Waals surface area contributed by atoms with E-state index in [9.17, 15) is 26.3 Å². The highest BCUT2D eigenvalue weighted by Crippen LogP contribution is 2.17. The maximum atomic E-state index is 12.2. The molecular weight excluding hydrogens is 266 g/mol. The standard InChI is InChI=1S/C10H16F6O2/c11-7-10(15,16)18-6-4-2-1-3-5-17-8-9(12,13)14/h1-8H2. The molecule has 18 heavy (non-hydrogen) atoms. The molecular formula is C10H16F6O2. The molecule has 0 rings (SSSR count). The molecule has 8 heteroatoms. The molecule has 0 aliphatic rings. The largest absolute Gasteiger partial charge is 0.411 e. The minimum Gasteiger partial charge on any atom is -0.372 e. The van der Waals surface area contributed by atoms with Gasteiger partial charge in [-0.15, -0.1) is 0 Å². The highest BCUT2D eigenvalue weighted by Gasteiger charge is 2.29. The van der Waals surface area contributed by atoms with Gasteiger partial charge in [-0.3, -0.25) is 0 Å². The summed E-state index contributed by atoms with van der Waals surface area (Å²) in [5.74, 6) is 0. The van der Waals surface area contributed by atoms with E-state index in [1.54, 1.807) is 0 Å². The molecule has 0 fully saturated rings. The summed E-state index contributed by atoms with van der Waals surface area (Å²) < 4.78 is 79.2. The van der Waals surface area contributed by atoms with Gasteiger partial charge in [-0.05, 0) is 12.8 Å². The Kier molecular flexibility index (Phi) is 8.34. The van der Waals surface area contributed by atoms with Gasteiger partial charge in [0.1, 0.15) is 6.61 Å². The third-order valence-corrected chi connectivity index (χ3v) is 1.92. The number of halogens is 6. The van der Waals surface area contributed by atoms with Gasteiger partial charge in [-0.1, -0.05) is 12.8 Å². The summed E-state index contributed by atoms with van der Waals surface area (Å²) in [6.07, 6.45) is -6.30. The monoisotopic (exact) mass is 282 g/mol. The lowest BCUT2D eigenvalue weighted by atomic mass is 10.2. The first-order valence-electron chi connectivity index (χ1n) is 5.49. The Morgan fingerprint density at radius 2 is 1.33 bits per heavy atom. The molecule has 0 saturated heterocycles. The van der Waals surface area contributed by atoms with Gasteiger partial charge in [0.2, 0.25) is 0 Å². The lowest BCUT2D eigenvalue weighted by Gasteiger charge is -2.12. The quantitative estimate of drug-likeness (QED) is 0.449. The van der Waals surface area contributed by atoms with Crippen LogP contribution in [-0.2, 0) is 9.47 Å². The zero-order chi connectivity index (χ0) is 14.1. The van der Waals surface area contributed by atoms with E-state index >= 15 is 0 Å². The molecule has 0 atom stereocenters. The fourth-order valence-electron chi connectivity index (χ4n) is 1.11. The predicted octanol–water partition coefficient (Wildman–Crippen LogP) is 3.70. The Morgan fingerprint density at radius 1 is 0.778 bits per heavy atom. The van der Waals surface area contributed by atoms with E-state index in [1.807, 2.05) is 0 Å². The maximum Gasteiger partial charge on any atom is 0.411 e. The van der Waals surface area contributed by atoms with E-state index in [2.05, 4.69) is 9.47 Å². The van der Waals surface area contributed by atoms with Gasteiger partial charge < -0.3 is 9.47 Å². The predicted molar refractivity (Wildman–Crippen MR) is 52.2 cm³/mol. The molecule has 0 spiro atoms. The first-order valence-corrected chi connectivity index (χ1v) is 5.49. The van der Waals surface area contributed by atoms with Gasteiger partial charge in [0.25, 0.3) is 0 Å². The molecule has 110 valence electrons. The van der Waals surface area contributed by atoms with E-state index in [1.165, 1.54) is 0 Å². The number of hydrogen-bond acceptors (Lipinski definition) is 2. The van der Waals surface area contributed by atoms with Crippen molar-refractivity contribution in [1.82, 2.24) is 0 Å². The molecule has 0 N–H and O–H groups in total. The third-order valence-electron chi connectivity index (χ3n) is 1.92. The van der Waals surface area contributed by atoms with Crippen molar-refractivity contribution in [2.24, 2.45) is 0 Å². The summed E-state index contributed by atoms with van der Waals surface area (Å²) in [7, 11) is 0. The van der Waals surface area contributed by atoms with Crippen molar-refractivity contribution in [3.8, 4) is 0 Å². The molecule has 0 aromatic rings. The Morgan fingerprint density at radius 3 is 1.83 bits per heavy atom. The summed E-state index contributed by atoms with van der Waals surface area (Å²) in [5, 5.41) is 0. The van der Waals surface area contributed by atoms with E-state index in [0.29, 0.717) is 25.7 Å². The van der Waals surface area contributed by atoms with E-state index in [4.69, 9.17) is 0 Å². The minimum absolute atomic E-state index is 0.0268. The van der Waals surface area contributed by atoms with Crippen LogP contribution in [0, 0.1) is 0 Å². The van der Waals surface area contributed by atoms with Gasteiger partial charge in [0.05, 0.1) is 6.61 Å². The van der Waals surface area contributed by atoms with Crippen LogP contribution in [0.25, 0.3) is 0 Å². The number of unbranched alkanes of at least 4 members (excludes halogenated alkanes) is 3. The molecule has 0 aliphatic heterocycles. The maximum absolute atomic E-state index is 12.2.